The van der Waals surface area contributed by atoms with Gasteiger partial charge in [0, 0.05) is 13.1 Å². The average molecular weight is 342 g/mol. The number of nitrogens with one attached hydrogen (secondary N) is 2. The Labute approximate surface area is 152 Å². The van der Waals surface area contributed by atoms with Crippen LogP contribution in [-0.4, -0.2) is 43.6 Å². The summed E-state index contributed by atoms with van der Waals surface area (Å²) in [6, 6.07) is 9.75. The number of hydrogen-bond donors (Lipinski definition) is 2. The smallest absolute Gasteiger partial charge is 0.191 e. The lowest BCUT2D eigenvalue weighted by atomic mass is 10.1. The van der Waals surface area contributed by atoms with Crippen LogP contribution in [0.4, 0.5) is 0 Å². The van der Waals surface area contributed by atoms with Gasteiger partial charge < -0.3 is 15.5 Å². The zero-order valence-electron chi connectivity index (χ0n) is 15.4. The third kappa shape index (κ3) is 7.57. The Morgan fingerprint density at radius 1 is 1.12 bits per heavy atom. The molecule has 0 aliphatic carbocycles. The summed E-state index contributed by atoms with van der Waals surface area (Å²) in [5.41, 5.74) is 1.80. The Bertz CT molecular complexity index is 550. The van der Waals surface area contributed by atoms with E-state index in [-0.39, 0.29) is 0 Å². The number of likely N-dealkylation sites (tertiary alicyclic amines) is 1. The van der Waals surface area contributed by atoms with E-state index in [4.69, 9.17) is 5.26 Å². The summed E-state index contributed by atoms with van der Waals surface area (Å²) in [6.45, 7) is 8.17. The summed E-state index contributed by atoms with van der Waals surface area (Å²) < 4.78 is 0. The van der Waals surface area contributed by atoms with Crippen LogP contribution in [-0.2, 0) is 6.54 Å². The maximum atomic E-state index is 8.85. The second-order valence-corrected chi connectivity index (χ2v) is 6.54. The number of aliphatic imine (C=N–C) groups is 1. The monoisotopic (exact) mass is 341 g/mol. The molecule has 2 rings (SSSR count). The summed E-state index contributed by atoms with van der Waals surface area (Å²) in [4.78, 5) is 7.23. The molecule has 1 aromatic rings. The van der Waals surface area contributed by atoms with Crippen LogP contribution in [0.5, 0.6) is 0 Å². The van der Waals surface area contributed by atoms with Gasteiger partial charge >= 0.3 is 0 Å². The Morgan fingerprint density at radius 3 is 2.48 bits per heavy atom. The molecule has 2 N–H and O–H groups in total. The summed E-state index contributed by atoms with van der Waals surface area (Å²) in [5, 5.41) is 15.6. The lowest BCUT2D eigenvalue weighted by molar-refractivity contribution is 0.282. The van der Waals surface area contributed by atoms with E-state index in [0.717, 1.165) is 31.0 Å². The topological polar surface area (TPSA) is 63.5 Å². The van der Waals surface area contributed by atoms with E-state index in [1.165, 1.54) is 45.3 Å². The van der Waals surface area contributed by atoms with Crippen molar-refractivity contribution in [3.63, 3.8) is 0 Å². The second kappa shape index (κ2) is 11.5. The van der Waals surface area contributed by atoms with Crippen molar-refractivity contribution >= 4 is 5.96 Å². The van der Waals surface area contributed by atoms with Crippen molar-refractivity contribution in [2.75, 3.05) is 32.7 Å². The highest BCUT2D eigenvalue weighted by Crippen LogP contribution is 2.09. The van der Waals surface area contributed by atoms with Crippen LogP contribution in [0.15, 0.2) is 29.3 Å². The molecular weight excluding hydrogens is 310 g/mol. The van der Waals surface area contributed by atoms with E-state index in [1.807, 2.05) is 24.3 Å². The Kier molecular flexibility index (Phi) is 8.85. The molecule has 5 heteroatoms. The van der Waals surface area contributed by atoms with Crippen molar-refractivity contribution in [3.8, 4) is 6.07 Å². The highest BCUT2D eigenvalue weighted by Gasteiger charge is 2.08. The van der Waals surface area contributed by atoms with Crippen molar-refractivity contribution in [3.05, 3.63) is 35.4 Å². The minimum atomic E-state index is 0.618. The van der Waals surface area contributed by atoms with Gasteiger partial charge in [-0.25, -0.2) is 4.99 Å². The third-order valence-corrected chi connectivity index (χ3v) is 4.49. The molecule has 0 unspecified atom stereocenters. The molecule has 0 saturated carbocycles. The first kappa shape index (κ1) is 19.3. The lowest BCUT2D eigenvalue weighted by Crippen LogP contribution is -2.39. The number of rotatable bonds is 7. The van der Waals surface area contributed by atoms with E-state index in [1.54, 1.807) is 0 Å². The van der Waals surface area contributed by atoms with Crippen molar-refractivity contribution in [2.24, 2.45) is 4.99 Å². The highest BCUT2D eigenvalue weighted by atomic mass is 15.2. The molecule has 25 heavy (non-hydrogen) atoms. The van der Waals surface area contributed by atoms with Gasteiger partial charge in [-0.1, -0.05) is 25.0 Å². The van der Waals surface area contributed by atoms with Gasteiger partial charge in [0.25, 0.3) is 0 Å². The van der Waals surface area contributed by atoms with Crippen LogP contribution in [0.3, 0.4) is 0 Å². The number of guanidine groups is 1. The first-order valence-corrected chi connectivity index (χ1v) is 9.55. The fourth-order valence-corrected chi connectivity index (χ4v) is 3.07. The Morgan fingerprint density at radius 2 is 1.84 bits per heavy atom. The van der Waals surface area contributed by atoms with Crippen LogP contribution in [0, 0.1) is 11.3 Å². The van der Waals surface area contributed by atoms with Gasteiger partial charge in [0.2, 0.25) is 0 Å². The van der Waals surface area contributed by atoms with Crippen LogP contribution in [0.25, 0.3) is 0 Å². The molecule has 0 atom stereocenters. The SMILES string of the molecule is CCNC(=NCc1ccc(C#N)cc1)NCCCN1CCCCCC1. The zero-order valence-corrected chi connectivity index (χ0v) is 15.4. The molecule has 136 valence electrons. The first-order chi connectivity index (χ1) is 12.3. The normalized spacial score (nSPS) is 16.1. The summed E-state index contributed by atoms with van der Waals surface area (Å²) in [6.07, 6.45) is 6.62. The maximum absolute atomic E-state index is 8.85. The molecule has 1 fully saturated rings. The third-order valence-electron chi connectivity index (χ3n) is 4.49. The second-order valence-electron chi connectivity index (χ2n) is 6.54. The van der Waals surface area contributed by atoms with Gasteiger partial charge in [-0.05, 0) is 63.5 Å². The van der Waals surface area contributed by atoms with Gasteiger partial charge in [-0.2, -0.15) is 5.26 Å². The van der Waals surface area contributed by atoms with E-state index < -0.39 is 0 Å². The van der Waals surface area contributed by atoms with Crippen molar-refractivity contribution in [1.82, 2.24) is 15.5 Å². The first-order valence-electron chi connectivity index (χ1n) is 9.55. The highest BCUT2D eigenvalue weighted by molar-refractivity contribution is 5.79. The van der Waals surface area contributed by atoms with Gasteiger partial charge in [-0.15, -0.1) is 0 Å². The average Bonchev–Trinajstić information content (AvgIpc) is 2.92. The molecule has 0 radical (unpaired) electrons. The number of hydrogen-bond acceptors (Lipinski definition) is 3. The molecule has 0 amide bonds. The molecule has 1 aromatic carbocycles. The van der Waals surface area contributed by atoms with Gasteiger partial charge in [0.15, 0.2) is 5.96 Å². The molecule has 1 aliphatic rings. The number of benzene rings is 1. The molecule has 0 spiro atoms. The number of nitrogens with zero attached hydrogens (tertiary/aromatic N) is 3. The lowest BCUT2D eigenvalue weighted by Gasteiger charge is -2.20. The van der Waals surface area contributed by atoms with Crippen LogP contribution in [0.1, 0.15) is 50.2 Å². The van der Waals surface area contributed by atoms with Crippen molar-refractivity contribution < 1.29 is 0 Å². The fraction of sp³-hybridized carbons (Fsp3) is 0.600. The van der Waals surface area contributed by atoms with E-state index in [2.05, 4.69) is 33.5 Å². The Balaban J connectivity index is 1.73. The van der Waals surface area contributed by atoms with Crippen LogP contribution in [0.2, 0.25) is 0 Å². The predicted molar refractivity (Wildman–Crippen MR) is 104 cm³/mol. The van der Waals surface area contributed by atoms with E-state index in [0.29, 0.717) is 12.1 Å². The van der Waals surface area contributed by atoms with Gasteiger partial charge in [0.1, 0.15) is 0 Å². The standard InChI is InChI=1S/C20H31N5/c1-2-22-20(24-17-19-10-8-18(16-21)9-11-19)23-12-7-15-25-13-5-3-4-6-14-25/h8-11H,2-7,12-15,17H2,1H3,(H2,22,23,24). The summed E-state index contributed by atoms with van der Waals surface area (Å²) >= 11 is 0. The van der Waals surface area contributed by atoms with Gasteiger partial charge in [-0.3, -0.25) is 0 Å². The van der Waals surface area contributed by atoms with E-state index in [9.17, 15) is 0 Å². The molecular formula is C20H31N5. The largest absolute Gasteiger partial charge is 0.357 e. The maximum Gasteiger partial charge on any atom is 0.191 e. The fourth-order valence-electron chi connectivity index (χ4n) is 3.07. The molecule has 1 aliphatic heterocycles. The Hall–Kier alpha value is -2.06. The van der Waals surface area contributed by atoms with Gasteiger partial charge in [0.05, 0.1) is 18.2 Å². The zero-order chi connectivity index (χ0) is 17.7. The van der Waals surface area contributed by atoms with Crippen LogP contribution < -0.4 is 10.6 Å². The molecule has 0 aromatic heterocycles. The van der Waals surface area contributed by atoms with Crippen molar-refractivity contribution in [2.45, 2.75) is 45.6 Å². The quantitative estimate of drug-likeness (QED) is 0.455. The van der Waals surface area contributed by atoms with E-state index >= 15 is 0 Å². The predicted octanol–water partition coefficient (Wildman–Crippen LogP) is 2.88. The minimum absolute atomic E-state index is 0.618. The minimum Gasteiger partial charge on any atom is -0.357 e. The van der Waals surface area contributed by atoms with Crippen LogP contribution >= 0.6 is 0 Å². The molecule has 0 bridgehead atoms. The summed E-state index contributed by atoms with van der Waals surface area (Å²) in [5.74, 6) is 0.864. The molecule has 5 nitrogen and oxygen atoms in total. The summed E-state index contributed by atoms with van der Waals surface area (Å²) in [7, 11) is 0. The number of nitriles is 1. The molecule has 1 heterocycles. The molecule has 1 saturated heterocycles. The van der Waals surface area contributed by atoms with Crippen molar-refractivity contribution in [1.29, 1.82) is 5.26 Å².